The molecule has 1 N–H and O–H groups in total. The van der Waals surface area contributed by atoms with Crippen LogP contribution in [0.15, 0.2) is 55.6 Å². The highest BCUT2D eigenvalue weighted by atomic mass is 16.6. The van der Waals surface area contributed by atoms with Gasteiger partial charge in [-0.3, -0.25) is 14.4 Å². The van der Waals surface area contributed by atoms with Crippen molar-refractivity contribution in [3.05, 3.63) is 61.2 Å². The van der Waals surface area contributed by atoms with Crippen LogP contribution in [0.25, 0.3) is 0 Å². The first-order valence-electron chi connectivity index (χ1n) is 14.7. The van der Waals surface area contributed by atoms with Crippen molar-refractivity contribution in [3.63, 3.8) is 0 Å². The van der Waals surface area contributed by atoms with Crippen LogP contribution in [0.5, 0.6) is 0 Å². The van der Waals surface area contributed by atoms with E-state index in [1.54, 1.807) is 17.1 Å². The average Bonchev–Trinajstić information content (AvgIpc) is 3.58. The number of nitrogens with zero attached hydrogens (tertiary/aromatic N) is 2. The molecule has 8 heteroatoms. The second-order valence-electron chi connectivity index (χ2n) is 11.2. The number of likely N-dealkylation sites (tertiary alicyclic amines) is 1. The van der Waals surface area contributed by atoms with Gasteiger partial charge in [-0.25, -0.2) is 0 Å². The van der Waals surface area contributed by atoms with E-state index in [0.717, 1.165) is 24.8 Å². The molecule has 40 heavy (non-hydrogen) atoms. The third-order valence-corrected chi connectivity index (χ3v) is 9.04. The molecule has 0 radical (unpaired) electrons. The Bertz CT molecular complexity index is 1090. The highest BCUT2D eigenvalue weighted by molar-refractivity contribution is 5.99. The van der Waals surface area contributed by atoms with Crippen LogP contribution in [0.2, 0.25) is 0 Å². The van der Waals surface area contributed by atoms with Crippen LogP contribution in [0.4, 0.5) is 0 Å². The molecule has 3 heterocycles. The maximum Gasteiger partial charge on any atom is 0.312 e. The van der Waals surface area contributed by atoms with Crippen LogP contribution < -0.4 is 0 Å². The van der Waals surface area contributed by atoms with Gasteiger partial charge in [-0.15, -0.1) is 13.2 Å². The van der Waals surface area contributed by atoms with E-state index in [2.05, 4.69) is 20.1 Å². The van der Waals surface area contributed by atoms with Gasteiger partial charge in [0.25, 0.3) is 0 Å². The SMILES string of the molecule is C=CCCCOC(=O)[C@@H]1[C@H]2C(=O)N([C@H](CO)c3ccccc3)C(C(=O)N(CC=C)CCCC)C23CC[C@@]1(CC)O3. The van der Waals surface area contributed by atoms with Crippen molar-refractivity contribution in [2.45, 2.75) is 82.1 Å². The number of carbonyl (C=O) groups excluding carboxylic acids is 3. The van der Waals surface area contributed by atoms with Gasteiger partial charge in [0.05, 0.1) is 30.8 Å². The molecule has 2 amide bonds. The van der Waals surface area contributed by atoms with Crippen molar-refractivity contribution in [2.75, 3.05) is 26.3 Å². The monoisotopic (exact) mass is 552 g/mol. The van der Waals surface area contributed by atoms with E-state index in [9.17, 15) is 19.5 Å². The first-order chi connectivity index (χ1) is 19.4. The number of aliphatic hydroxyl groups is 1. The molecule has 2 unspecified atom stereocenters. The fourth-order valence-electron chi connectivity index (χ4n) is 7.12. The number of esters is 1. The van der Waals surface area contributed by atoms with Crippen LogP contribution in [0.1, 0.15) is 70.4 Å². The smallest absolute Gasteiger partial charge is 0.312 e. The number of unbranched alkanes of at least 4 members (excludes halogenated alkanes) is 2. The zero-order valence-corrected chi connectivity index (χ0v) is 23.9. The molecule has 3 fully saturated rings. The van der Waals surface area contributed by atoms with Crippen molar-refractivity contribution in [1.82, 2.24) is 9.80 Å². The Kier molecular flexibility index (Phi) is 9.52. The summed E-state index contributed by atoms with van der Waals surface area (Å²) >= 11 is 0. The predicted molar refractivity (Wildman–Crippen MR) is 152 cm³/mol. The third-order valence-electron chi connectivity index (χ3n) is 9.04. The number of rotatable bonds is 15. The number of benzene rings is 1. The van der Waals surface area contributed by atoms with Gasteiger partial charge in [0, 0.05) is 13.1 Å². The molecule has 3 aliphatic rings. The van der Waals surface area contributed by atoms with E-state index in [-0.39, 0.29) is 25.0 Å². The number of hydrogen-bond donors (Lipinski definition) is 1. The summed E-state index contributed by atoms with van der Waals surface area (Å²) in [7, 11) is 0. The Morgan fingerprint density at radius 2 is 1.95 bits per heavy atom. The average molecular weight is 553 g/mol. The second kappa shape index (κ2) is 12.7. The topological polar surface area (TPSA) is 96.4 Å². The normalized spacial score (nSPS) is 29.2. The van der Waals surface area contributed by atoms with Gasteiger partial charge in [0.2, 0.25) is 11.8 Å². The molecule has 0 saturated carbocycles. The summed E-state index contributed by atoms with van der Waals surface area (Å²) in [6.07, 6.45) is 8.10. The number of fused-ring (bicyclic) bond motifs is 1. The zero-order valence-electron chi connectivity index (χ0n) is 23.9. The highest BCUT2D eigenvalue weighted by Crippen LogP contribution is 2.65. The van der Waals surface area contributed by atoms with E-state index in [4.69, 9.17) is 9.47 Å². The molecule has 6 atom stereocenters. The lowest BCUT2D eigenvalue weighted by Crippen LogP contribution is -2.57. The molecule has 0 aromatic heterocycles. The Balaban J connectivity index is 1.80. The van der Waals surface area contributed by atoms with Gasteiger partial charge < -0.3 is 24.4 Å². The Hall–Kier alpha value is -2.97. The van der Waals surface area contributed by atoms with Gasteiger partial charge in [-0.2, -0.15) is 0 Å². The predicted octanol–water partition coefficient (Wildman–Crippen LogP) is 4.20. The molecule has 218 valence electrons. The number of hydrogen-bond acceptors (Lipinski definition) is 6. The number of ether oxygens (including phenoxy) is 2. The van der Waals surface area contributed by atoms with Gasteiger partial charge in [-0.05, 0) is 44.1 Å². The van der Waals surface area contributed by atoms with E-state index in [1.165, 1.54) is 4.90 Å². The van der Waals surface area contributed by atoms with Crippen LogP contribution in [0.3, 0.4) is 0 Å². The van der Waals surface area contributed by atoms with Crippen molar-refractivity contribution in [2.24, 2.45) is 11.8 Å². The van der Waals surface area contributed by atoms with Gasteiger partial charge >= 0.3 is 5.97 Å². The number of carbonyl (C=O) groups is 3. The lowest BCUT2D eigenvalue weighted by Gasteiger charge is -2.39. The molecular formula is C32H44N2O6. The molecule has 0 aliphatic carbocycles. The second-order valence-corrected chi connectivity index (χ2v) is 11.2. The van der Waals surface area contributed by atoms with E-state index in [0.29, 0.717) is 38.8 Å². The molecule has 2 bridgehead atoms. The van der Waals surface area contributed by atoms with Crippen LogP contribution in [-0.4, -0.2) is 76.2 Å². The fraction of sp³-hybridized carbons (Fsp3) is 0.594. The highest BCUT2D eigenvalue weighted by Gasteiger charge is 2.79. The van der Waals surface area contributed by atoms with Gasteiger partial charge in [0.15, 0.2) is 0 Å². The molecule has 3 aliphatic heterocycles. The summed E-state index contributed by atoms with van der Waals surface area (Å²) in [5.41, 5.74) is -1.32. The minimum atomic E-state index is -1.18. The van der Waals surface area contributed by atoms with E-state index < -0.39 is 41.1 Å². The van der Waals surface area contributed by atoms with Crippen LogP contribution in [-0.2, 0) is 23.9 Å². The first-order valence-corrected chi connectivity index (χ1v) is 14.7. The standard InChI is InChI=1S/C32H44N2O6/c1-5-9-14-21-39-30(38)26-25-28(36)34(24(22-35)23-15-12-11-13-16-23)27(29(37)33(19-7-3)20-10-6-2)32(25)18-17-31(26,8-4)40-32/h5,7,11-13,15-16,24-27,35H,1,3,6,8-10,14,17-22H2,2,4H3/t24-,25+,26+,27?,31-,32?/m1/s1. The lowest BCUT2D eigenvalue weighted by atomic mass is 9.65. The van der Waals surface area contributed by atoms with Crippen LogP contribution in [0, 0.1) is 11.8 Å². The lowest BCUT2D eigenvalue weighted by molar-refractivity contribution is -0.163. The minimum absolute atomic E-state index is 0.231. The van der Waals surface area contributed by atoms with Crippen molar-refractivity contribution < 1.29 is 29.0 Å². The zero-order chi connectivity index (χ0) is 28.9. The van der Waals surface area contributed by atoms with Crippen LogP contribution >= 0.6 is 0 Å². The molecular weight excluding hydrogens is 508 g/mol. The Morgan fingerprint density at radius 1 is 1.20 bits per heavy atom. The van der Waals surface area contributed by atoms with Gasteiger partial charge in [-0.1, -0.05) is 62.8 Å². The molecule has 1 spiro atoms. The van der Waals surface area contributed by atoms with Crippen molar-refractivity contribution in [3.8, 4) is 0 Å². The summed E-state index contributed by atoms with van der Waals surface area (Å²) in [6, 6.07) is 7.50. The summed E-state index contributed by atoms with van der Waals surface area (Å²) in [5.74, 6) is -2.70. The van der Waals surface area contributed by atoms with Crippen molar-refractivity contribution >= 4 is 17.8 Å². The molecule has 1 aromatic carbocycles. The Labute approximate surface area is 238 Å². The summed E-state index contributed by atoms with van der Waals surface area (Å²) in [5, 5.41) is 10.6. The number of aliphatic hydroxyl groups excluding tert-OH is 1. The quantitative estimate of drug-likeness (QED) is 0.199. The Morgan fingerprint density at radius 3 is 2.58 bits per heavy atom. The van der Waals surface area contributed by atoms with E-state index >= 15 is 0 Å². The van der Waals surface area contributed by atoms with E-state index in [1.807, 2.05) is 37.3 Å². The fourth-order valence-corrected chi connectivity index (χ4v) is 7.12. The largest absolute Gasteiger partial charge is 0.465 e. The maximum absolute atomic E-state index is 14.5. The van der Waals surface area contributed by atoms with Crippen molar-refractivity contribution in [1.29, 1.82) is 0 Å². The first kappa shape index (κ1) is 30.0. The summed E-state index contributed by atoms with van der Waals surface area (Å²) in [4.78, 5) is 45.9. The summed E-state index contributed by atoms with van der Waals surface area (Å²) in [6.45, 7) is 12.3. The number of allylic oxidation sites excluding steroid dienone is 1. The minimum Gasteiger partial charge on any atom is -0.465 e. The molecule has 3 saturated heterocycles. The number of amides is 2. The molecule has 1 aromatic rings. The summed E-state index contributed by atoms with van der Waals surface area (Å²) < 4.78 is 12.6. The van der Waals surface area contributed by atoms with Gasteiger partial charge in [0.1, 0.15) is 17.6 Å². The maximum atomic E-state index is 14.5. The molecule has 8 nitrogen and oxygen atoms in total. The molecule has 4 rings (SSSR count). The third kappa shape index (κ3) is 5.00.